The van der Waals surface area contributed by atoms with Gasteiger partial charge in [-0.25, -0.2) is 21.5 Å². The molecule has 0 spiro atoms. The Balaban J connectivity index is 1.73. The van der Waals surface area contributed by atoms with Crippen molar-refractivity contribution in [3.05, 3.63) is 82.4 Å². The van der Waals surface area contributed by atoms with Gasteiger partial charge in [-0.2, -0.15) is 13.2 Å². The van der Waals surface area contributed by atoms with E-state index in [1.54, 1.807) is 6.07 Å². The van der Waals surface area contributed by atoms with E-state index in [1.165, 1.54) is 44.9 Å². The summed E-state index contributed by atoms with van der Waals surface area (Å²) in [5.74, 6) is -3.26. The van der Waals surface area contributed by atoms with Crippen LogP contribution in [0.1, 0.15) is 16.7 Å². The number of rotatable bonds is 9. The zero-order chi connectivity index (χ0) is 29.2. The zero-order valence-electron chi connectivity index (χ0n) is 21.0. The van der Waals surface area contributed by atoms with Crippen molar-refractivity contribution in [2.24, 2.45) is 0 Å². The van der Waals surface area contributed by atoms with Gasteiger partial charge >= 0.3 is 6.18 Å². The lowest BCUT2D eigenvalue weighted by molar-refractivity contribution is -0.137. The van der Waals surface area contributed by atoms with Gasteiger partial charge in [-0.05, 0) is 42.8 Å². The summed E-state index contributed by atoms with van der Waals surface area (Å²) >= 11 is 0.839. The van der Waals surface area contributed by atoms with E-state index in [2.05, 4.69) is 10.2 Å². The highest BCUT2D eigenvalue weighted by Crippen LogP contribution is 2.37. The van der Waals surface area contributed by atoms with Gasteiger partial charge in [0.05, 0.1) is 26.3 Å². The molecule has 0 aliphatic rings. The van der Waals surface area contributed by atoms with E-state index in [0.29, 0.717) is 29.5 Å². The third-order valence-electron chi connectivity index (χ3n) is 5.53. The van der Waals surface area contributed by atoms with E-state index in [0.717, 1.165) is 21.7 Å². The van der Waals surface area contributed by atoms with Crippen LogP contribution in [0.15, 0.2) is 58.9 Å². The number of benzene rings is 3. The molecule has 0 radical (unpaired) electrons. The molecule has 15 heteroatoms. The van der Waals surface area contributed by atoms with Crippen molar-refractivity contribution in [2.75, 3.05) is 18.5 Å². The molecule has 0 saturated heterocycles. The second-order valence-corrected chi connectivity index (χ2v) is 10.9. The summed E-state index contributed by atoms with van der Waals surface area (Å²) in [4.78, 5) is -1.06. The second kappa shape index (κ2) is 11.3. The predicted molar refractivity (Wildman–Crippen MR) is 135 cm³/mol. The number of nitrogens with zero attached hydrogens (tertiary/aromatic N) is 3. The fourth-order valence-electron chi connectivity index (χ4n) is 3.67. The Hall–Kier alpha value is -3.98. The summed E-state index contributed by atoms with van der Waals surface area (Å²) in [6.07, 6.45) is -4.70. The smallest absolute Gasteiger partial charge is 0.416 e. The van der Waals surface area contributed by atoms with E-state index in [4.69, 9.17) is 14.2 Å². The lowest BCUT2D eigenvalue weighted by Gasteiger charge is -2.23. The molecule has 0 aliphatic heterocycles. The number of alkyl halides is 3. The van der Waals surface area contributed by atoms with E-state index in [-0.39, 0.29) is 16.4 Å². The lowest BCUT2D eigenvalue weighted by atomic mass is 10.1. The predicted octanol–water partition coefficient (Wildman–Crippen LogP) is 6.35. The molecule has 0 saturated carbocycles. The first-order valence-corrected chi connectivity index (χ1v) is 13.5. The summed E-state index contributed by atoms with van der Waals surface area (Å²) in [7, 11) is -2.00. The maximum Gasteiger partial charge on any atom is 0.416 e. The van der Waals surface area contributed by atoms with E-state index in [9.17, 15) is 21.6 Å². The van der Waals surface area contributed by atoms with Crippen molar-refractivity contribution in [1.82, 2.24) is 10.2 Å². The van der Waals surface area contributed by atoms with Crippen LogP contribution in [-0.4, -0.2) is 32.8 Å². The van der Waals surface area contributed by atoms with Gasteiger partial charge < -0.3 is 14.2 Å². The summed E-state index contributed by atoms with van der Waals surface area (Å²) in [6.45, 7) is 0.974. The molecule has 0 unspecified atom stereocenters. The SMILES string of the molecule is COc1ccc(CN(c2nncs2)S(=O)(=O)c2cc(F)c(Oc3cc(C)cc(C(F)(F)F)c3)cc2F)c(OC)c1. The maximum atomic E-state index is 15.3. The Morgan fingerprint density at radius 2 is 1.68 bits per heavy atom. The molecule has 0 bridgehead atoms. The number of sulfonamides is 1. The summed E-state index contributed by atoms with van der Waals surface area (Å²) in [5.41, 5.74) is 0.715. The first-order chi connectivity index (χ1) is 18.8. The highest BCUT2D eigenvalue weighted by molar-refractivity contribution is 7.93. The molecule has 1 aromatic heterocycles. The molecule has 3 aromatic carbocycles. The average Bonchev–Trinajstić information content (AvgIpc) is 3.42. The van der Waals surface area contributed by atoms with E-state index in [1.807, 2.05) is 0 Å². The molecule has 4 aromatic rings. The molecule has 0 N–H and O–H groups in total. The van der Waals surface area contributed by atoms with Crippen molar-refractivity contribution in [3.8, 4) is 23.0 Å². The molecule has 8 nitrogen and oxygen atoms in total. The van der Waals surface area contributed by atoms with Crippen LogP contribution < -0.4 is 18.5 Å². The largest absolute Gasteiger partial charge is 0.497 e. The third-order valence-corrected chi connectivity index (χ3v) is 8.11. The minimum absolute atomic E-state index is 0.141. The van der Waals surface area contributed by atoms with Crippen LogP contribution in [0.3, 0.4) is 0 Å². The first kappa shape index (κ1) is 29.0. The topological polar surface area (TPSA) is 90.9 Å². The molecular weight excluding hydrogens is 581 g/mol. The summed E-state index contributed by atoms with van der Waals surface area (Å²) in [6, 6.07) is 8.12. The normalized spacial score (nSPS) is 11.8. The minimum Gasteiger partial charge on any atom is -0.497 e. The standard InChI is InChI=1S/C25H20F5N3O5S2/c1-14-6-16(25(28,29)30)8-18(7-14)38-22-10-20(27)23(11-19(22)26)40(34,35)33(24-32-31-13-39-24)12-15-4-5-17(36-2)9-21(15)37-3/h4-11,13H,12H2,1-3H3. The van der Waals surface area contributed by atoms with E-state index >= 15 is 8.78 Å². The van der Waals surface area contributed by atoms with Crippen LogP contribution in [0.4, 0.5) is 27.1 Å². The van der Waals surface area contributed by atoms with Gasteiger partial charge in [0.25, 0.3) is 10.0 Å². The van der Waals surface area contributed by atoms with Crippen LogP contribution in [0.5, 0.6) is 23.0 Å². The molecule has 40 heavy (non-hydrogen) atoms. The molecule has 4 rings (SSSR count). The molecule has 1 heterocycles. The van der Waals surface area contributed by atoms with Gasteiger partial charge in [-0.1, -0.05) is 11.3 Å². The van der Waals surface area contributed by atoms with Crippen molar-refractivity contribution in [1.29, 1.82) is 0 Å². The Bertz CT molecular complexity index is 1630. The highest BCUT2D eigenvalue weighted by atomic mass is 32.2. The quantitative estimate of drug-likeness (QED) is 0.207. The minimum atomic E-state index is -4.80. The number of halogens is 5. The average molecular weight is 602 g/mol. The molecule has 0 fully saturated rings. The highest BCUT2D eigenvalue weighted by Gasteiger charge is 2.33. The lowest BCUT2D eigenvalue weighted by Crippen LogP contribution is -2.31. The Labute approximate surface area is 229 Å². The molecule has 0 aliphatic carbocycles. The summed E-state index contributed by atoms with van der Waals surface area (Å²) < 4.78 is 113. The van der Waals surface area contributed by atoms with Crippen molar-refractivity contribution >= 4 is 26.5 Å². The van der Waals surface area contributed by atoms with Gasteiger partial charge in [0.15, 0.2) is 11.6 Å². The molecule has 0 atom stereocenters. The van der Waals surface area contributed by atoms with Gasteiger partial charge in [0, 0.05) is 23.8 Å². The second-order valence-electron chi connectivity index (χ2n) is 8.26. The van der Waals surface area contributed by atoms with Crippen molar-refractivity contribution in [2.45, 2.75) is 24.5 Å². The number of hydrogen-bond donors (Lipinski definition) is 0. The van der Waals surface area contributed by atoms with Crippen LogP contribution in [0.2, 0.25) is 0 Å². The Kier molecular flexibility index (Phi) is 8.16. The fraction of sp³-hybridized carbons (Fsp3) is 0.200. The third kappa shape index (κ3) is 6.09. The number of aromatic nitrogens is 2. The Morgan fingerprint density at radius 3 is 2.30 bits per heavy atom. The first-order valence-electron chi connectivity index (χ1n) is 11.2. The van der Waals surface area contributed by atoms with Crippen molar-refractivity contribution < 1.29 is 44.6 Å². The zero-order valence-corrected chi connectivity index (χ0v) is 22.6. The van der Waals surface area contributed by atoms with Gasteiger partial charge in [-0.15, -0.1) is 10.2 Å². The number of hydrogen-bond acceptors (Lipinski definition) is 8. The van der Waals surface area contributed by atoms with Gasteiger partial charge in [0.2, 0.25) is 5.13 Å². The number of anilines is 1. The number of ether oxygens (including phenoxy) is 3. The maximum absolute atomic E-state index is 15.3. The summed E-state index contributed by atoms with van der Waals surface area (Å²) in [5, 5.41) is 7.27. The fourth-order valence-corrected chi connectivity index (χ4v) is 5.91. The molecular formula is C25H20F5N3O5S2. The van der Waals surface area contributed by atoms with E-state index < -0.39 is 56.3 Å². The van der Waals surface area contributed by atoms with Crippen LogP contribution in [-0.2, 0) is 22.7 Å². The van der Waals surface area contributed by atoms with Crippen molar-refractivity contribution in [3.63, 3.8) is 0 Å². The number of methoxy groups -OCH3 is 2. The van der Waals surface area contributed by atoms with Gasteiger partial charge in [-0.3, -0.25) is 0 Å². The monoisotopic (exact) mass is 601 g/mol. The van der Waals surface area contributed by atoms with Gasteiger partial charge in [0.1, 0.15) is 33.5 Å². The molecule has 212 valence electrons. The Morgan fingerprint density at radius 1 is 0.925 bits per heavy atom. The van der Waals surface area contributed by atoms with Crippen LogP contribution in [0, 0.1) is 18.6 Å². The van der Waals surface area contributed by atoms with Crippen LogP contribution in [0.25, 0.3) is 0 Å². The number of aryl methyl sites for hydroxylation is 1. The molecule has 0 amide bonds. The van der Waals surface area contributed by atoms with Crippen LogP contribution >= 0.6 is 11.3 Å².